The first-order chi connectivity index (χ1) is 9.48. The molecule has 21 heavy (non-hydrogen) atoms. The van der Waals surface area contributed by atoms with Gasteiger partial charge in [0, 0.05) is 0 Å². The molecule has 124 valence electrons. The van der Waals surface area contributed by atoms with Gasteiger partial charge in [-0.1, -0.05) is 86.8 Å². The summed E-state index contributed by atoms with van der Waals surface area (Å²) in [6, 6.07) is 0. The van der Waals surface area contributed by atoms with Crippen LogP contribution in [0.1, 0.15) is 88.0 Å². The van der Waals surface area contributed by atoms with Crippen molar-refractivity contribution in [2.75, 3.05) is 0 Å². The van der Waals surface area contributed by atoms with Crippen LogP contribution in [-0.2, 0) is 0 Å². The van der Waals surface area contributed by atoms with Gasteiger partial charge in [0.2, 0.25) is 0 Å². The van der Waals surface area contributed by atoms with Crippen LogP contribution in [0.5, 0.6) is 0 Å². The number of allylic oxidation sites excluding steroid dienone is 2. The summed E-state index contributed by atoms with van der Waals surface area (Å²) in [6.45, 7) is 21.7. The summed E-state index contributed by atoms with van der Waals surface area (Å²) in [5, 5.41) is 0. The van der Waals surface area contributed by atoms with Crippen molar-refractivity contribution < 1.29 is 0 Å². The fourth-order valence-electron chi connectivity index (χ4n) is 4.20. The van der Waals surface area contributed by atoms with E-state index < -0.39 is 0 Å². The van der Waals surface area contributed by atoms with Crippen molar-refractivity contribution in [2.45, 2.75) is 88.0 Å². The van der Waals surface area contributed by atoms with Gasteiger partial charge in [-0.25, -0.2) is 0 Å². The topological polar surface area (TPSA) is 0 Å². The Morgan fingerprint density at radius 2 is 1.67 bits per heavy atom. The molecule has 0 saturated carbocycles. The van der Waals surface area contributed by atoms with Crippen molar-refractivity contribution in [2.24, 2.45) is 34.5 Å². The van der Waals surface area contributed by atoms with Crippen LogP contribution in [0.4, 0.5) is 0 Å². The number of rotatable bonds is 4. The minimum absolute atomic E-state index is 0.322. The molecule has 0 fully saturated rings. The molecule has 0 aromatic heterocycles. The third kappa shape index (κ3) is 4.86. The van der Waals surface area contributed by atoms with E-state index in [0.29, 0.717) is 10.8 Å². The van der Waals surface area contributed by atoms with E-state index in [9.17, 15) is 0 Å². The van der Waals surface area contributed by atoms with Gasteiger partial charge in [-0.05, 0) is 47.3 Å². The Labute approximate surface area is 134 Å². The Bertz CT molecular complexity index is 345. The average Bonchev–Trinajstić information content (AvgIpc) is 2.32. The van der Waals surface area contributed by atoms with E-state index in [1.54, 1.807) is 5.57 Å². The summed E-state index contributed by atoms with van der Waals surface area (Å²) in [7, 11) is 0. The van der Waals surface area contributed by atoms with Crippen LogP contribution in [0.15, 0.2) is 11.6 Å². The molecule has 0 heteroatoms. The van der Waals surface area contributed by atoms with Gasteiger partial charge >= 0.3 is 0 Å². The van der Waals surface area contributed by atoms with Crippen LogP contribution in [0.2, 0.25) is 0 Å². The summed E-state index contributed by atoms with van der Waals surface area (Å²) >= 11 is 0. The lowest BCUT2D eigenvalue weighted by molar-refractivity contribution is 0.112. The second kappa shape index (κ2) is 6.88. The monoisotopic (exact) mass is 292 g/mol. The Morgan fingerprint density at radius 1 is 1.10 bits per heavy atom. The van der Waals surface area contributed by atoms with E-state index in [2.05, 4.69) is 68.4 Å². The zero-order valence-electron chi connectivity index (χ0n) is 16.2. The van der Waals surface area contributed by atoms with Crippen LogP contribution in [0.3, 0.4) is 0 Å². The predicted octanol–water partition coefficient (Wildman–Crippen LogP) is 7.10. The molecule has 1 aliphatic rings. The quantitative estimate of drug-likeness (QED) is 0.484. The van der Waals surface area contributed by atoms with E-state index in [1.165, 1.54) is 25.7 Å². The lowest BCUT2D eigenvalue weighted by Gasteiger charge is -2.47. The maximum absolute atomic E-state index is 2.71. The molecule has 0 aliphatic heterocycles. The third-order valence-electron chi connectivity index (χ3n) is 5.49. The van der Waals surface area contributed by atoms with Crippen molar-refractivity contribution in [1.82, 2.24) is 0 Å². The number of hydrogen-bond acceptors (Lipinski definition) is 0. The van der Waals surface area contributed by atoms with Crippen molar-refractivity contribution in [1.29, 1.82) is 0 Å². The highest BCUT2D eigenvalue weighted by Gasteiger charge is 2.40. The Balaban J connectivity index is 3.18. The number of unbranched alkanes of at least 4 members (excludes halogenated alkanes) is 1. The maximum Gasteiger partial charge on any atom is -0.0170 e. The van der Waals surface area contributed by atoms with Gasteiger partial charge in [0.25, 0.3) is 0 Å². The molecule has 3 unspecified atom stereocenters. The van der Waals surface area contributed by atoms with E-state index in [4.69, 9.17) is 0 Å². The molecule has 1 aliphatic carbocycles. The van der Waals surface area contributed by atoms with Crippen LogP contribution < -0.4 is 0 Å². The standard InChI is InChI=1S/C21H40/c1-10-11-12-16-13-19(21(7,8)9)17(15(2)3)14-18(16)20(4,5)6/h13,15-18H,10-12,14H2,1-9H3. The van der Waals surface area contributed by atoms with E-state index in [-0.39, 0.29) is 0 Å². The molecular weight excluding hydrogens is 252 g/mol. The summed E-state index contributed by atoms with van der Waals surface area (Å²) in [5.74, 6) is 3.15. The Morgan fingerprint density at radius 3 is 2.05 bits per heavy atom. The van der Waals surface area contributed by atoms with E-state index in [1.807, 2.05) is 0 Å². The van der Waals surface area contributed by atoms with E-state index >= 15 is 0 Å². The SMILES string of the molecule is CCCCC1C=C(C(C)(C)C)C(C(C)C)CC1C(C)(C)C. The molecule has 0 radical (unpaired) electrons. The third-order valence-corrected chi connectivity index (χ3v) is 5.49. The second-order valence-corrected chi connectivity index (χ2v) is 9.74. The van der Waals surface area contributed by atoms with Gasteiger partial charge in [0.1, 0.15) is 0 Å². The lowest BCUT2D eigenvalue weighted by atomic mass is 9.58. The first kappa shape index (κ1) is 18.8. The van der Waals surface area contributed by atoms with Gasteiger partial charge < -0.3 is 0 Å². The first-order valence-corrected chi connectivity index (χ1v) is 9.20. The molecule has 0 N–H and O–H groups in total. The molecule has 0 aromatic rings. The normalized spacial score (nSPS) is 27.9. The highest BCUT2D eigenvalue weighted by atomic mass is 14.5. The molecule has 3 atom stereocenters. The lowest BCUT2D eigenvalue weighted by Crippen LogP contribution is -2.37. The smallest absolute Gasteiger partial charge is 0.0170 e. The second-order valence-electron chi connectivity index (χ2n) is 9.74. The van der Waals surface area contributed by atoms with Gasteiger partial charge in [-0.2, -0.15) is 0 Å². The van der Waals surface area contributed by atoms with Gasteiger partial charge in [0.15, 0.2) is 0 Å². The zero-order chi connectivity index (χ0) is 16.4. The maximum atomic E-state index is 2.71. The van der Waals surface area contributed by atoms with Crippen LogP contribution in [0, 0.1) is 34.5 Å². The summed E-state index contributed by atoms with van der Waals surface area (Å²) in [4.78, 5) is 0. The minimum atomic E-state index is 0.322. The largest absolute Gasteiger partial charge is 0.0811 e. The van der Waals surface area contributed by atoms with Gasteiger partial charge in [-0.3, -0.25) is 0 Å². The summed E-state index contributed by atoms with van der Waals surface area (Å²) in [6.07, 6.45) is 8.17. The molecule has 0 aromatic carbocycles. The van der Waals surface area contributed by atoms with Gasteiger partial charge in [0.05, 0.1) is 0 Å². The molecule has 0 saturated heterocycles. The van der Waals surface area contributed by atoms with E-state index in [0.717, 1.165) is 23.7 Å². The Hall–Kier alpha value is -0.260. The highest BCUT2D eigenvalue weighted by Crippen LogP contribution is 2.50. The average molecular weight is 293 g/mol. The van der Waals surface area contributed by atoms with Crippen molar-refractivity contribution in [3.05, 3.63) is 11.6 Å². The summed E-state index contributed by atoms with van der Waals surface area (Å²) < 4.78 is 0. The molecule has 0 amide bonds. The van der Waals surface area contributed by atoms with Crippen LogP contribution in [0.25, 0.3) is 0 Å². The molecule has 0 heterocycles. The highest BCUT2D eigenvalue weighted by molar-refractivity contribution is 5.21. The van der Waals surface area contributed by atoms with Crippen molar-refractivity contribution in [3.63, 3.8) is 0 Å². The molecular formula is C21H40. The van der Waals surface area contributed by atoms with Gasteiger partial charge in [-0.15, -0.1) is 0 Å². The molecule has 0 nitrogen and oxygen atoms in total. The molecule has 0 spiro atoms. The van der Waals surface area contributed by atoms with Crippen LogP contribution in [-0.4, -0.2) is 0 Å². The fourth-order valence-corrected chi connectivity index (χ4v) is 4.20. The van der Waals surface area contributed by atoms with Crippen molar-refractivity contribution >= 4 is 0 Å². The summed E-state index contributed by atoms with van der Waals surface area (Å²) in [5.41, 5.74) is 2.48. The molecule has 0 bridgehead atoms. The predicted molar refractivity (Wildman–Crippen MR) is 96.4 cm³/mol. The zero-order valence-corrected chi connectivity index (χ0v) is 16.2. The number of hydrogen-bond donors (Lipinski definition) is 0. The molecule has 1 rings (SSSR count). The minimum Gasteiger partial charge on any atom is -0.0811 e. The fraction of sp³-hybridized carbons (Fsp3) is 0.905. The Kier molecular flexibility index (Phi) is 6.16. The first-order valence-electron chi connectivity index (χ1n) is 9.20. The van der Waals surface area contributed by atoms with Crippen molar-refractivity contribution in [3.8, 4) is 0 Å². The van der Waals surface area contributed by atoms with Crippen LogP contribution >= 0.6 is 0 Å².